The summed E-state index contributed by atoms with van der Waals surface area (Å²) in [6, 6.07) is 9.31. The van der Waals surface area contributed by atoms with E-state index < -0.39 is 0 Å². The Labute approximate surface area is 122 Å². The van der Waals surface area contributed by atoms with Crippen LogP contribution >= 0.6 is 0 Å². The summed E-state index contributed by atoms with van der Waals surface area (Å²) in [5, 5.41) is 3.69. The van der Waals surface area contributed by atoms with E-state index in [-0.39, 0.29) is 0 Å². The van der Waals surface area contributed by atoms with Gasteiger partial charge in [0.2, 0.25) is 0 Å². The molecule has 1 aromatic carbocycles. The van der Waals surface area contributed by atoms with Crippen molar-refractivity contribution in [3.8, 4) is 0 Å². The molecule has 2 rings (SSSR count). The van der Waals surface area contributed by atoms with Gasteiger partial charge in [0.05, 0.1) is 0 Å². The number of aryl methyl sites for hydroxylation is 3. The maximum absolute atomic E-state index is 4.08. The predicted molar refractivity (Wildman–Crippen MR) is 84.9 cm³/mol. The maximum atomic E-state index is 4.08. The molecule has 2 atom stereocenters. The van der Waals surface area contributed by atoms with Gasteiger partial charge in [-0.3, -0.25) is 4.98 Å². The Morgan fingerprint density at radius 2 is 1.45 bits per heavy atom. The van der Waals surface area contributed by atoms with E-state index in [1.807, 2.05) is 12.4 Å². The average molecular weight is 268 g/mol. The maximum Gasteiger partial charge on any atom is 0.0302 e. The number of rotatable bonds is 4. The van der Waals surface area contributed by atoms with Crippen LogP contribution in [0, 0.1) is 20.8 Å². The lowest BCUT2D eigenvalue weighted by Crippen LogP contribution is -2.23. The van der Waals surface area contributed by atoms with E-state index in [1.165, 1.54) is 27.8 Å². The fraction of sp³-hybridized carbons (Fsp3) is 0.389. The minimum atomic E-state index is 0.313. The molecular weight excluding hydrogens is 244 g/mol. The lowest BCUT2D eigenvalue weighted by molar-refractivity contribution is 0.491. The van der Waals surface area contributed by atoms with Gasteiger partial charge in [0.25, 0.3) is 0 Å². The summed E-state index contributed by atoms with van der Waals surface area (Å²) in [5.74, 6) is 0. The van der Waals surface area contributed by atoms with Crippen LogP contribution in [0.5, 0.6) is 0 Å². The summed E-state index contributed by atoms with van der Waals surface area (Å²) < 4.78 is 0. The second-order valence-electron chi connectivity index (χ2n) is 5.70. The van der Waals surface area contributed by atoms with E-state index in [1.54, 1.807) is 0 Å². The fourth-order valence-electron chi connectivity index (χ4n) is 3.08. The number of hydrogen-bond acceptors (Lipinski definition) is 2. The molecule has 1 aromatic heterocycles. The molecule has 1 unspecified atom stereocenters. The van der Waals surface area contributed by atoms with Crippen LogP contribution in [0.4, 0.5) is 0 Å². The van der Waals surface area contributed by atoms with Crippen molar-refractivity contribution >= 4 is 0 Å². The zero-order chi connectivity index (χ0) is 14.7. The zero-order valence-electron chi connectivity index (χ0n) is 13.1. The third kappa shape index (κ3) is 3.26. The van der Waals surface area contributed by atoms with Gasteiger partial charge in [-0.25, -0.2) is 0 Å². The van der Waals surface area contributed by atoms with E-state index in [0.717, 1.165) is 0 Å². The van der Waals surface area contributed by atoms with Crippen molar-refractivity contribution in [1.82, 2.24) is 10.3 Å². The summed E-state index contributed by atoms with van der Waals surface area (Å²) in [6.07, 6.45) is 3.70. The molecule has 2 heteroatoms. The highest BCUT2D eigenvalue weighted by Crippen LogP contribution is 2.25. The minimum absolute atomic E-state index is 0.313. The van der Waals surface area contributed by atoms with Crippen molar-refractivity contribution in [2.24, 2.45) is 0 Å². The van der Waals surface area contributed by atoms with Gasteiger partial charge in [0.15, 0.2) is 0 Å². The summed E-state index contributed by atoms with van der Waals surface area (Å²) in [7, 11) is 0. The largest absolute Gasteiger partial charge is 0.304 e. The molecule has 1 N–H and O–H groups in total. The summed E-state index contributed by atoms with van der Waals surface area (Å²) >= 11 is 0. The molecule has 0 bridgehead atoms. The molecule has 0 fully saturated rings. The first-order chi connectivity index (χ1) is 9.49. The first kappa shape index (κ1) is 14.7. The number of nitrogens with one attached hydrogen (secondary N) is 1. The van der Waals surface area contributed by atoms with Crippen LogP contribution in [-0.4, -0.2) is 4.98 Å². The van der Waals surface area contributed by atoms with Crippen molar-refractivity contribution in [2.45, 2.75) is 46.7 Å². The van der Waals surface area contributed by atoms with Gasteiger partial charge >= 0.3 is 0 Å². The first-order valence-electron chi connectivity index (χ1n) is 7.22. The molecule has 0 saturated heterocycles. The molecule has 0 aliphatic heterocycles. The monoisotopic (exact) mass is 268 g/mol. The van der Waals surface area contributed by atoms with E-state index in [4.69, 9.17) is 0 Å². The van der Waals surface area contributed by atoms with Crippen molar-refractivity contribution in [3.63, 3.8) is 0 Å². The molecule has 0 spiro atoms. The third-order valence-electron chi connectivity index (χ3n) is 3.88. The number of hydrogen-bond donors (Lipinski definition) is 1. The topological polar surface area (TPSA) is 24.9 Å². The van der Waals surface area contributed by atoms with E-state index in [0.29, 0.717) is 12.1 Å². The SMILES string of the molecule is Cc1cc(C)c(C(C)N[C@H](C)c2ccncc2)c(C)c1. The normalized spacial score (nSPS) is 14.1. The Kier molecular flexibility index (Phi) is 4.56. The Bertz CT molecular complexity index is 552. The van der Waals surface area contributed by atoms with Crippen molar-refractivity contribution in [2.75, 3.05) is 0 Å². The fourth-order valence-corrected chi connectivity index (χ4v) is 3.08. The second kappa shape index (κ2) is 6.19. The highest BCUT2D eigenvalue weighted by atomic mass is 14.9. The third-order valence-corrected chi connectivity index (χ3v) is 3.88. The smallest absolute Gasteiger partial charge is 0.0302 e. The van der Waals surface area contributed by atoms with Crippen LogP contribution in [-0.2, 0) is 0 Å². The summed E-state index contributed by atoms with van der Waals surface area (Å²) in [6.45, 7) is 11.0. The number of nitrogens with zero attached hydrogens (tertiary/aromatic N) is 1. The molecule has 106 valence electrons. The summed E-state index contributed by atoms with van der Waals surface area (Å²) in [4.78, 5) is 4.08. The Hall–Kier alpha value is -1.67. The van der Waals surface area contributed by atoms with Crippen LogP contribution in [0.25, 0.3) is 0 Å². The molecule has 0 amide bonds. The molecule has 2 aromatic rings. The summed E-state index contributed by atoms with van der Waals surface area (Å²) in [5.41, 5.74) is 6.75. The Morgan fingerprint density at radius 3 is 2.00 bits per heavy atom. The molecule has 0 aliphatic carbocycles. The number of aromatic nitrogens is 1. The first-order valence-corrected chi connectivity index (χ1v) is 7.22. The Morgan fingerprint density at radius 1 is 0.900 bits per heavy atom. The minimum Gasteiger partial charge on any atom is -0.304 e. The molecule has 2 nitrogen and oxygen atoms in total. The molecular formula is C18H24N2. The zero-order valence-corrected chi connectivity index (χ0v) is 13.1. The molecule has 1 heterocycles. The quantitative estimate of drug-likeness (QED) is 0.888. The molecule has 20 heavy (non-hydrogen) atoms. The van der Waals surface area contributed by atoms with Gasteiger partial charge in [0, 0.05) is 24.5 Å². The van der Waals surface area contributed by atoms with Gasteiger partial charge in [0.1, 0.15) is 0 Å². The highest BCUT2D eigenvalue weighted by molar-refractivity contribution is 5.39. The van der Waals surface area contributed by atoms with Gasteiger partial charge < -0.3 is 5.32 Å². The highest BCUT2D eigenvalue weighted by Gasteiger charge is 2.15. The van der Waals surface area contributed by atoms with Crippen LogP contribution in [0.2, 0.25) is 0 Å². The van der Waals surface area contributed by atoms with E-state index >= 15 is 0 Å². The van der Waals surface area contributed by atoms with E-state index in [2.05, 4.69) is 69.2 Å². The van der Waals surface area contributed by atoms with Crippen LogP contribution in [0.1, 0.15) is 53.7 Å². The van der Waals surface area contributed by atoms with Gasteiger partial charge in [-0.1, -0.05) is 17.7 Å². The van der Waals surface area contributed by atoms with Crippen molar-refractivity contribution < 1.29 is 0 Å². The molecule has 0 saturated carbocycles. The lowest BCUT2D eigenvalue weighted by Gasteiger charge is -2.24. The number of benzene rings is 1. The van der Waals surface area contributed by atoms with Crippen molar-refractivity contribution in [1.29, 1.82) is 0 Å². The Balaban J connectivity index is 2.19. The lowest BCUT2D eigenvalue weighted by atomic mass is 9.94. The van der Waals surface area contributed by atoms with Gasteiger partial charge in [-0.15, -0.1) is 0 Å². The van der Waals surface area contributed by atoms with Crippen LogP contribution < -0.4 is 5.32 Å². The van der Waals surface area contributed by atoms with E-state index in [9.17, 15) is 0 Å². The standard InChI is InChI=1S/C18H24N2/c1-12-10-13(2)18(14(3)11-12)16(5)20-15(4)17-6-8-19-9-7-17/h6-11,15-16,20H,1-5H3/t15-,16?/m1/s1. The predicted octanol–water partition coefficient (Wildman–Crippen LogP) is 4.42. The molecule has 0 aliphatic rings. The average Bonchev–Trinajstić information content (AvgIpc) is 2.38. The van der Waals surface area contributed by atoms with Crippen LogP contribution in [0.3, 0.4) is 0 Å². The second-order valence-corrected chi connectivity index (χ2v) is 5.70. The number of pyridine rings is 1. The van der Waals surface area contributed by atoms with Gasteiger partial charge in [-0.05, 0) is 69.0 Å². The van der Waals surface area contributed by atoms with Gasteiger partial charge in [-0.2, -0.15) is 0 Å². The van der Waals surface area contributed by atoms with Crippen LogP contribution in [0.15, 0.2) is 36.7 Å². The van der Waals surface area contributed by atoms with Crippen molar-refractivity contribution in [3.05, 3.63) is 64.5 Å². The molecule has 0 radical (unpaired) electrons.